The topological polar surface area (TPSA) is 129 Å². The summed E-state index contributed by atoms with van der Waals surface area (Å²) in [6.07, 6.45) is -4.97. The number of aromatic nitrogens is 3. The fourth-order valence-corrected chi connectivity index (χ4v) is 3.68. The van der Waals surface area contributed by atoms with Gasteiger partial charge in [-0.05, 0) is 83.5 Å². The summed E-state index contributed by atoms with van der Waals surface area (Å²) in [5.74, 6) is -1.13. The highest BCUT2D eigenvalue weighted by atomic mass is 19.4. The van der Waals surface area contributed by atoms with E-state index < -0.39 is 53.0 Å². The Morgan fingerprint density at radius 1 is 1.05 bits per heavy atom. The fraction of sp³-hybridized carbons (Fsp3) is 0.407. The number of carbonyl (C=O) groups excluding carboxylic acids is 2. The fourth-order valence-electron chi connectivity index (χ4n) is 3.68. The number of aryl methyl sites for hydroxylation is 1. The number of halogens is 4. The summed E-state index contributed by atoms with van der Waals surface area (Å²) < 4.78 is 62.2. The van der Waals surface area contributed by atoms with Crippen molar-refractivity contribution in [3.05, 3.63) is 71.2 Å². The van der Waals surface area contributed by atoms with Gasteiger partial charge in [-0.25, -0.2) is 19.2 Å². The van der Waals surface area contributed by atoms with Crippen molar-refractivity contribution in [1.29, 1.82) is 0 Å². The molecule has 1 atom stereocenters. The highest BCUT2D eigenvalue weighted by Gasteiger charge is 2.56. The number of ether oxygens (including phenoxy) is 1. The van der Waals surface area contributed by atoms with Gasteiger partial charge in [-0.1, -0.05) is 0 Å². The number of aliphatic hydroxyl groups is 1. The van der Waals surface area contributed by atoms with Crippen molar-refractivity contribution < 1.29 is 37.0 Å². The van der Waals surface area contributed by atoms with E-state index in [4.69, 9.17) is 4.74 Å². The minimum Gasteiger partial charge on any atom is -0.444 e. The van der Waals surface area contributed by atoms with Crippen LogP contribution in [0.2, 0.25) is 0 Å². The number of nitrogens with zero attached hydrogens (tertiary/aromatic N) is 2. The van der Waals surface area contributed by atoms with Crippen LogP contribution in [0.5, 0.6) is 0 Å². The Balaban J connectivity index is 2.11. The number of hydrogen-bond acceptors (Lipinski definition) is 6. The molecule has 0 spiro atoms. The maximum atomic E-state index is 14.5. The van der Waals surface area contributed by atoms with Crippen LogP contribution in [0.1, 0.15) is 62.2 Å². The zero-order chi connectivity index (χ0) is 30.1. The van der Waals surface area contributed by atoms with Crippen LogP contribution in [-0.4, -0.2) is 50.4 Å². The summed E-state index contributed by atoms with van der Waals surface area (Å²) in [7, 11) is 0. The van der Waals surface area contributed by atoms with E-state index in [1.807, 2.05) is 0 Å². The number of benzene rings is 1. The molecule has 3 aromatic rings. The van der Waals surface area contributed by atoms with Gasteiger partial charge in [0.25, 0.3) is 5.91 Å². The van der Waals surface area contributed by atoms with Gasteiger partial charge >= 0.3 is 12.3 Å². The number of carbonyl (C=O) groups is 2. The number of hydrogen-bond donors (Lipinski definition) is 4. The second kappa shape index (κ2) is 10.9. The van der Waals surface area contributed by atoms with Crippen LogP contribution in [0.25, 0.3) is 11.3 Å². The molecule has 2 heterocycles. The van der Waals surface area contributed by atoms with Gasteiger partial charge < -0.3 is 25.5 Å². The van der Waals surface area contributed by atoms with Gasteiger partial charge in [-0.2, -0.15) is 13.2 Å². The van der Waals surface area contributed by atoms with Crippen molar-refractivity contribution in [2.24, 2.45) is 0 Å². The molecule has 2 aromatic heterocycles. The van der Waals surface area contributed by atoms with E-state index >= 15 is 0 Å². The third-order valence-electron chi connectivity index (χ3n) is 5.85. The molecular formula is C27H31F4N5O4. The van der Waals surface area contributed by atoms with Crippen LogP contribution in [0.4, 0.5) is 22.4 Å². The molecule has 1 aromatic carbocycles. The number of H-pyrrole nitrogens is 1. The van der Waals surface area contributed by atoms with E-state index in [1.165, 1.54) is 32.0 Å². The maximum absolute atomic E-state index is 14.5. The quantitative estimate of drug-likeness (QED) is 0.303. The van der Waals surface area contributed by atoms with Crippen molar-refractivity contribution in [3.8, 4) is 11.3 Å². The standard InChI is InChI=1S/C27H31F4N5O4/c1-15-32-13-20(34-15)22(37)33-14-26(39,27(29,30)31)21-12-17(25(5,6)36-23(38)40-24(2,3)4)11-19(35-21)16-7-9-18(28)10-8-16/h7-13,39H,14H2,1-6H3,(H,32,34)(H,33,37)(H,36,38). The lowest BCUT2D eigenvalue weighted by molar-refractivity contribution is -0.265. The molecule has 0 saturated heterocycles. The lowest BCUT2D eigenvalue weighted by atomic mass is 9.88. The summed E-state index contributed by atoms with van der Waals surface area (Å²) in [6.45, 7) is 8.28. The Morgan fingerprint density at radius 2 is 1.68 bits per heavy atom. The summed E-state index contributed by atoms with van der Waals surface area (Å²) in [5.41, 5.74) is -6.42. The zero-order valence-electron chi connectivity index (χ0n) is 22.8. The second-order valence-corrected chi connectivity index (χ2v) is 10.8. The average Bonchev–Trinajstić information content (AvgIpc) is 3.26. The first kappa shape index (κ1) is 30.5. The molecule has 40 heavy (non-hydrogen) atoms. The van der Waals surface area contributed by atoms with Gasteiger partial charge in [-0.3, -0.25) is 4.79 Å². The smallest absolute Gasteiger partial charge is 0.424 e. The first-order valence-corrected chi connectivity index (χ1v) is 12.2. The van der Waals surface area contributed by atoms with Crippen molar-refractivity contribution in [2.75, 3.05) is 6.54 Å². The second-order valence-electron chi connectivity index (χ2n) is 10.8. The Morgan fingerprint density at radius 3 is 2.20 bits per heavy atom. The van der Waals surface area contributed by atoms with E-state index in [2.05, 4.69) is 25.6 Å². The summed E-state index contributed by atoms with van der Waals surface area (Å²) in [5, 5.41) is 15.8. The number of nitrogens with one attached hydrogen (secondary N) is 3. The Labute approximate surface area is 228 Å². The number of alkyl carbamates (subject to hydrolysis) is 1. The van der Waals surface area contributed by atoms with Crippen LogP contribution in [-0.2, 0) is 15.9 Å². The van der Waals surface area contributed by atoms with Crippen LogP contribution in [0.15, 0.2) is 42.6 Å². The average molecular weight is 566 g/mol. The molecule has 9 nitrogen and oxygen atoms in total. The number of aromatic amines is 1. The van der Waals surface area contributed by atoms with E-state index in [0.717, 1.165) is 24.4 Å². The monoisotopic (exact) mass is 565 g/mol. The molecule has 0 fully saturated rings. The third-order valence-corrected chi connectivity index (χ3v) is 5.85. The number of amides is 2. The lowest BCUT2D eigenvalue weighted by Gasteiger charge is -2.33. The first-order chi connectivity index (χ1) is 18.3. The molecule has 0 radical (unpaired) electrons. The van der Waals surface area contributed by atoms with Gasteiger partial charge in [0.2, 0.25) is 5.60 Å². The molecule has 0 aliphatic rings. The predicted molar refractivity (Wildman–Crippen MR) is 138 cm³/mol. The Hall–Kier alpha value is -4.00. The van der Waals surface area contributed by atoms with Crippen molar-refractivity contribution in [2.45, 2.75) is 64.5 Å². The molecule has 0 saturated carbocycles. The SMILES string of the molecule is Cc1ncc(C(=O)NCC(O)(c2cc(C(C)(C)NC(=O)OC(C)(C)C)cc(-c3ccc(F)cc3)n2)C(F)(F)F)[nH]1. The molecule has 2 amide bonds. The van der Waals surface area contributed by atoms with Gasteiger partial charge in [0, 0.05) is 5.56 Å². The highest BCUT2D eigenvalue weighted by molar-refractivity contribution is 5.92. The van der Waals surface area contributed by atoms with Gasteiger partial charge in [-0.15, -0.1) is 0 Å². The normalized spacial score (nSPS) is 13.9. The Bertz CT molecular complexity index is 1380. The van der Waals surface area contributed by atoms with Gasteiger partial charge in [0.1, 0.15) is 22.9 Å². The molecular weight excluding hydrogens is 534 g/mol. The van der Waals surface area contributed by atoms with E-state index in [1.54, 1.807) is 27.7 Å². The predicted octanol–water partition coefficient (Wildman–Crippen LogP) is 4.86. The van der Waals surface area contributed by atoms with E-state index in [9.17, 15) is 32.3 Å². The highest BCUT2D eigenvalue weighted by Crippen LogP contribution is 2.40. The van der Waals surface area contributed by atoms with Crippen LogP contribution >= 0.6 is 0 Å². The van der Waals surface area contributed by atoms with Gasteiger partial charge in [0.05, 0.1) is 29.7 Å². The zero-order valence-corrected chi connectivity index (χ0v) is 22.8. The van der Waals surface area contributed by atoms with Crippen molar-refractivity contribution in [1.82, 2.24) is 25.6 Å². The minimum absolute atomic E-state index is 0.0373. The van der Waals surface area contributed by atoms with Crippen LogP contribution in [0, 0.1) is 12.7 Å². The largest absolute Gasteiger partial charge is 0.444 e. The third kappa shape index (κ3) is 7.14. The van der Waals surface area contributed by atoms with Crippen LogP contribution < -0.4 is 10.6 Å². The molecule has 0 bridgehead atoms. The van der Waals surface area contributed by atoms with Crippen LogP contribution in [0.3, 0.4) is 0 Å². The summed E-state index contributed by atoms with van der Waals surface area (Å²) >= 11 is 0. The lowest BCUT2D eigenvalue weighted by Crippen LogP contribution is -2.52. The van der Waals surface area contributed by atoms with E-state index in [-0.39, 0.29) is 22.5 Å². The summed E-state index contributed by atoms with van der Waals surface area (Å²) in [6, 6.07) is 7.25. The van der Waals surface area contributed by atoms with E-state index in [0.29, 0.717) is 5.82 Å². The molecule has 0 aliphatic heterocycles. The molecule has 1 unspecified atom stereocenters. The minimum atomic E-state index is -5.29. The molecule has 13 heteroatoms. The van der Waals surface area contributed by atoms with Crippen molar-refractivity contribution in [3.63, 3.8) is 0 Å². The summed E-state index contributed by atoms with van der Waals surface area (Å²) in [4.78, 5) is 35.5. The molecule has 4 N–H and O–H groups in total. The Kier molecular flexibility index (Phi) is 8.30. The molecule has 216 valence electrons. The van der Waals surface area contributed by atoms with Gasteiger partial charge in [0.15, 0.2) is 0 Å². The number of rotatable bonds is 7. The number of alkyl halides is 3. The number of imidazole rings is 1. The number of pyridine rings is 1. The first-order valence-electron chi connectivity index (χ1n) is 12.2. The molecule has 3 rings (SSSR count). The molecule has 0 aliphatic carbocycles. The van der Waals surface area contributed by atoms with Crippen molar-refractivity contribution >= 4 is 12.0 Å². The maximum Gasteiger partial charge on any atom is 0.424 e.